The SMILES string of the molecule is CC1(CO)CCC[C@]2(C)[C@@H]1CC[C@@]13C[C@@H](CC[C@H]12)[C@@](O)(CO)C3. The summed E-state index contributed by atoms with van der Waals surface area (Å²) in [6.45, 7) is 5.04. The van der Waals surface area contributed by atoms with Gasteiger partial charge in [0.25, 0.3) is 0 Å². The number of fused-ring (bicyclic) bond motifs is 3. The molecule has 0 saturated heterocycles. The van der Waals surface area contributed by atoms with Crippen molar-refractivity contribution in [3.8, 4) is 0 Å². The fraction of sp³-hybridized carbons (Fsp3) is 1.00. The predicted octanol–water partition coefficient (Wildman–Crippen LogP) is 3.12. The Balaban J connectivity index is 1.71. The van der Waals surface area contributed by atoms with Gasteiger partial charge in [0.05, 0.1) is 12.2 Å². The molecular weight excluding hydrogens is 288 g/mol. The van der Waals surface area contributed by atoms with Gasteiger partial charge < -0.3 is 15.3 Å². The normalized spacial score (nSPS) is 58.6. The third-order valence-electron chi connectivity index (χ3n) is 9.08. The summed E-state index contributed by atoms with van der Waals surface area (Å²) in [5, 5.41) is 30.8. The summed E-state index contributed by atoms with van der Waals surface area (Å²) in [5.41, 5.74) is -0.191. The molecule has 4 aliphatic rings. The maximum Gasteiger partial charge on any atom is 0.0910 e. The summed E-state index contributed by atoms with van der Waals surface area (Å²) in [6, 6.07) is 0. The highest BCUT2D eigenvalue weighted by Gasteiger charge is 2.67. The highest BCUT2D eigenvalue weighted by molar-refractivity contribution is 5.16. The molecule has 7 atom stereocenters. The molecule has 3 N–H and O–H groups in total. The van der Waals surface area contributed by atoms with Crippen molar-refractivity contribution in [2.45, 2.75) is 77.2 Å². The quantitative estimate of drug-likeness (QED) is 0.732. The standard InChI is InChI=1S/C20H34O3/c1-17(12-21)7-3-8-18(2)15(17)6-9-19-10-14(4-5-16(18)19)20(23,11-19)13-22/h14-16,21-23H,3-13H2,1-2H3/t14-,15-,16+,17?,18-,19+,20+/m1/s1. The van der Waals surface area contributed by atoms with Gasteiger partial charge >= 0.3 is 0 Å². The van der Waals surface area contributed by atoms with E-state index in [4.69, 9.17) is 0 Å². The zero-order chi connectivity index (χ0) is 16.5. The third-order valence-corrected chi connectivity index (χ3v) is 9.08. The second-order valence-electron chi connectivity index (χ2n) is 10.1. The van der Waals surface area contributed by atoms with Gasteiger partial charge in [-0.2, -0.15) is 0 Å². The molecule has 132 valence electrons. The van der Waals surface area contributed by atoms with Gasteiger partial charge in [-0.05, 0) is 85.4 Å². The molecule has 0 aromatic heterocycles. The van der Waals surface area contributed by atoms with Gasteiger partial charge in [0.15, 0.2) is 0 Å². The molecule has 4 aliphatic carbocycles. The van der Waals surface area contributed by atoms with E-state index in [0.29, 0.717) is 29.8 Å². The van der Waals surface area contributed by atoms with Crippen LogP contribution in [0.4, 0.5) is 0 Å². The van der Waals surface area contributed by atoms with Crippen LogP contribution in [0.15, 0.2) is 0 Å². The lowest BCUT2D eigenvalue weighted by Gasteiger charge is -2.64. The van der Waals surface area contributed by atoms with E-state index in [2.05, 4.69) is 13.8 Å². The van der Waals surface area contributed by atoms with Crippen molar-refractivity contribution in [2.24, 2.45) is 34.0 Å². The van der Waals surface area contributed by atoms with Gasteiger partial charge in [-0.15, -0.1) is 0 Å². The van der Waals surface area contributed by atoms with Crippen LogP contribution in [-0.2, 0) is 0 Å². The van der Waals surface area contributed by atoms with Crippen LogP contribution in [0.25, 0.3) is 0 Å². The maximum absolute atomic E-state index is 10.9. The number of hydrogen-bond donors (Lipinski definition) is 3. The number of aliphatic hydroxyl groups excluding tert-OH is 2. The van der Waals surface area contributed by atoms with Crippen LogP contribution in [-0.4, -0.2) is 34.1 Å². The van der Waals surface area contributed by atoms with Gasteiger partial charge in [-0.3, -0.25) is 0 Å². The Morgan fingerprint density at radius 2 is 1.70 bits per heavy atom. The highest BCUT2D eigenvalue weighted by Crippen LogP contribution is 2.72. The summed E-state index contributed by atoms with van der Waals surface area (Å²) in [5.74, 6) is 1.58. The van der Waals surface area contributed by atoms with Gasteiger partial charge in [0.1, 0.15) is 0 Å². The monoisotopic (exact) mass is 322 g/mol. The molecule has 0 heterocycles. The summed E-state index contributed by atoms with van der Waals surface area (Å²) < 4.78 is 0. The number of rotatable bonds is 2. The van der Waals surface area contributed by atoms with Crippen LogP contribution in [0, 0.1) is 34.0 Å². The number of hydrogen-bond acceptors (Lipinski definition) is 3. The molecule has 2 bridgehead atoms. The molecule has 0 aromatic rings. The first kappa shape index (κ1) is 16.4. The molecule has 4 fully saturated rings. The van der Waals surface area contributed by atoms with Crippen LogP contribution in [0.5, 0.6) is 0 Å². The average molecular weight is 322 g/mol. The Hall–Kier alpha value is -0.120. The Morgan fingerprint density at radius 1 is 0.913 bits per heavy atom. The van der Waals surface area contributed by atoms with Crippen LogP contribution >= 0.6 is 0 Å². The zero-order valence-corrected chi connectivity index (χ0v) is 14.9. The minimum atomic E-state index is -0.826. The lowest BCUT2D eigenvalue weighted by Crippen LogP contribution is -2.57. The molecule has 0 amide bonds. The molecule has 1 spiro atoms. The van der Waals surface area contributed by atoms with Crippen LogP contribution in [0.3, 0.4) is 0 Å². The van der Waals surface area contributed by atoms with E-state index >= 15 is 0 Å². The van der Waals surface area contributed by atoms with Crippen LogP contribution in [0.2, 0.25) is 0 Å². The molecular formula is C20H34O3. The van der Waals surface area contributed by atoms with Crippen LogP contribution in [0.1, 0.15) is 71.6 Å². The van der Waals surface area contributed by atoms with E-state index in [9.17, 15) is 15.3 Å². The lowest BCUT2D eigenvalue weighted by atomic mass is 9.41. The fourth-order valence-electron chi connectivity index (χ4n) is 8.13. The largest absolute Gasteiger partial charge is 0.396 e. The smallest absolute Gasteiger partial charge is 0.0910 e. The van der Waals surface area contributed by atoms with Crippen molar-refractivity contribution < 1.29 is 15.3 Å². The Labute approximate surface area is 140 Å². The van der Waals surface area contributed by atoms with E-state index in [1.54, 1.807) is 0 Å². The molecule has 0 radical (unpaired) electrons. The zero-order valence-electron chi connectivity index (χ0n) is 14.9. The Bertz CT molecular complexity index is 493. The van der Waals surface area contributed by atoms with Gasteiger partial charge in [0, 0.05) is 6.61 Å². The van der Waals surface area contributed by atoms with Crippen molar-refractivity contribution in [3.05, 3.63) is 0 Å². The molecule has 3 heteroatoms. The Kier molecular flexibility index (Phi) is 3.52. The number of aliphatic hydroxyl groups is 3. The van der Waals surface area contributed by atoms with E-state index in [1.165, 1.54) is 32.1 Å². The van der Waals surface area contributed by atoms with Crippen molar-refractivity contribution in [1.82, 2.24) is 0 Å². The highest BCUT2D eigenvalue weighted by atomic mass is 16.3. The third kappa shape index (κ3) is 1.99. The molecule has 1 unspecified atom stereocenters. The Morgan fingerprint density at radius 3 is 2.39 bits per heavy atom. The molecule has 0 aliphatic heterocycles. The van der Waals surface area contributed by atoms with E-state index < -0.39 is 5.60 Å². The van der Waals surface area contributed by atoms with E-state index in [0.717, 1.165) is 25.7 Å². The summed E-state index contributed by atoms with van der Waals surface area (Å²) in [7, 11) is 0. The van der Waals surface area contributed by atoms with Gasteiger partial charge in [-0.1, -0.05) is 20.3 Å². The summed E-state index contributed by atoms with van der Waals surface area (Å²) in [6.07, 6.45) is 10.3. The van der Waals surface area contributed by atoms with Crippen molar-refractivity contribution in [3.63, 3.8) is 0 Å². The molecule has 3 nitrogen and oxygen atoms in total. The second kappa shape index (κ2) is 4.95. The minimum Gasteiger partial charge on any atom is -0.396 e. The maximum atomic E-state index is 10.9. The first-order valence-electron chi connectivity index (χ1n) is 9.76. The van der Waals surface area contributed by atoms with Gasteiger partial charge in [-0.25, -0.2) is 0 Å². The molecule has 4 saturated carbocycles. The first-order valence-corrected chi connectivity index (χ1v) is 9.76. The first-order chi connectivity index (χ1) is 10.8. The molecule has 4 rings (SSSR count). The van der Waals surface area contributed by atoms with E-state index in [1.807, 2.05) is 0 Å². The second-order valence-corrected chi connectivity index (χ2v) is 10.1. The molecule has 0 aromatic carbocycles. The lowest BCUT2D eigenvalue weighted by molar-refractivity contribution is -0.159. The van der Waals surface area contributed by atoms with Crippen molar-refractivity contribution in [2.75, 3.05) is 13.2 Å². The topological polar surface area (TPSA) is 60.7 Å². The van der Waals surface area contributed by atoms with Crippen LogP contribution < -0.4 is 0 Å². The predicted molar refractivity (Wildman–Crippen MR) is 89.8 cm³/mol. The summed E-state index contributed by atoms with van der Waals surface area (Å²) in [4.78, 5) is 0. The minimum absolute atomic E-state index is 0.0688. The van der Waals surface area contributed by atoms with Crippen molar-refractivity contribution >= 4 is 0 Å². The fourth-order valence-corrected chi connectivity index (χ4v) is 8.13. The molecule has 23 heavy (non-hydrogen) atoms. The summed E-state index contributed by atoms with van der Waals surface area (Å²) >= 11 is 0. The van der Waals surface area contributed by atoms with E-state index in [-0.39, 0.29) is 17.4 Å². The van der Waals surface area contributed by atoms with Gasteiger partial charge in [0.2, 0.25) is 0 Å². The van der Waals surface area contributed by atoms with Crippen molar-refractivity contribution in [1.29, 1.82) is 0 Å². The average Bonchev–Trinajstić information content (AvgIpc) is 2.74.